The first-order chi connectivity index (χ1) is 5.49. The molecule has 0 amide bonds. The average Bonchev–Trinajstić information content (AvgIpc) is 1.84. The molecule has 0 aromatic rings. The van der Waals surface area contributed by atoms with Gasteiger partial charge in [-0.2, -0.15) is 0 Å². The van der Waals surface area contributed by atoms with E-state index in [1.165, 1.54) is 0 Å². The Labute approximate surface area is 76.7 Å². The van der Waals surface area contributed by atoms with Crippen LogP contribution in [0.25, 0.3) is 0 Å². The van der Waals surface area contributed by atoms with E-state index in [2.05, 4.69) is 26.6 Å². The molecule has 12 heavy (non-hydrogen) atoms. The first-order valence-corrected chi connectivity index (χ1v) is 7.92. The summed E-state index contributed by atoms with van der Waals surface area (Å²) < 4.78 is 11.0. The minimum absolute atomic E-state index is 0.677. The third-order valence-electron chi connectivity index (χ3n) is 1.06. The van der Waals surface area contributed by atoms with Crippen LogP contribution in [0.1, 0.15) is 20.3 Å². The molecule has 0 spiro atoms. The average molecular weight is 188 g/mol. The third kappa shape index (κ3) is 6.28. The van der Waals surface area contributed by atoms with Crippen LogP contribution in [-0.4, -0.2) is 14.9 Å². The molecule has 0 aliphatic heterocycles. The van der Waals surface area contributed by atoms with E-state index in [0.29, 0.717) is 12.6 Å². The van der Waals surface area contributed by atoms with Gasteiger partial charge >= 0.3 is 0 Å². The summed E-state index contributed by atoms with van der Waals surface area (Å²) in [5.74, 6) is 0.708. The van der Waals surface area contributed by atoms with E-state index in [-0.39, 0.29) is 0 Å². The van der Waals surface area contributed by atoms with E-state index in [4.69, 9.17) is 9.16 Å². The van der Waals surface area contributed by atoms with Gasteiger partial charge in [-0.15, -0.1) is 0 Å². The summed E-state index contributed by atoms with van der Waals surface area (Å²) in [7, 11) is -1.49. The SMILES string of the molecule is CC/C=C(/OCC)O[Si](C)(C)C. The lowest BCUT2D eigenvalue weighted by molar-refractivity contribution is 0.111. The van der Waals surface area contributed by atoms with Crippen molar-refractivity contribution < 1.29 is 9.16 Å². The topological polar surface area (TPSA) is 18.5 Å². The number of rotatable bonds is 5. The summed E-state index contributed by atoms with van der Waals surface area (Å²) in [4.78, 5) is 0. The van der Waals surface area contributed by atoms with Crippen LogP contribution in [0.2, 0.25) is 19.6 Å². The maximum Gasteiger partial charge on any atom is 0.261 e. The molecule has 0 N–H and O–H groups in total. The zero-order valence-corrected chi connectivity index (χ0v) is 9.81. The van der Waals surface area contributed by atoms with E-state index in [0.717, 1.165) is 6.42 Å². The van der Waals surface area contributed by atoms with Gasteiger partial charge in [0.1, 0.15) is 0 Å². The predicted molar refractivity (Wildman–Crippen MR) is 54.4 cm³/mol. The molecule has 2 nitrogen and oxygen atoms in total. The maximum atomic E-state index is 5.70. The third-order valence-corrected chi connectivity index (χ3v) is 1.88. The summed E-state index contributed by atoms with van der Waals surface area (Å²) >= 11 is 0. The molecule has 0 rings (SSSR count). The van der Waals surface area contributed by atoms with Gasteiger partial charge < -0.3 is 9.16 Å². The van der Waals surface area contributed by atoms with Crippen LogP contribution in [0.4, 0.5) is 0 Å². The van der Waals surface area contributed by atoms with E-state index in [1.54, 1.807) is 0 Å². The van der Waals surface area contributed by atoms with Gasteiger partial charge in [-0.3, -0.25) is 0 Å². The fourth-order valence-corrected chi connectivity index (χ4v) is 1.49. The Morgan fingerprint density at radius 2 is 1.83 bits per heavy atom. The summed E-state index contributed by atoms with van der Waals surface area (Å²) in [6.45, 7) is 11.2. The molecule has 0 bridgehead atoms. The Kier molecular flexibility index (Phi) is 5.05. The standard InChI is InChI=1S/C9H20O2Si/c1-6-8-9(10-7-2)11-12(3,4)5/h8H,6-7H2,1-5H3/b9-8-. The molecule has 0 heterocycles. The van der Waals surface area contributed by atoms with Crippen molar-refractivity contribution in [3.8, 4) is 0 Å². The Morgan fingerprint density at radius 3 is 2.17 bits per heavy atom. The molecule has 0 aromatic carbocycles. The molecule has 72 valence electrons. The molecule has 0 unspecified atom stereocenters. The van der Waals surface area contributed by atoms with Crippen molar-refractivity contribution >= 4 is 8.32 Å². The quantitative estimate of drug-likeness (QED) is 0.487. The molecule has 0 aromatic heterocycles. The van der Waals surface area contributed by atoms with Crippen molar-refractivity contribution in [2.75, 3.05) is 6.61 Å². The molecule has 0 aliphatic rings. The summed E-state index contributed by atoms with van der Waals surface area (Å²) in [6, 6.07) is 0. The number of hydrogen-bond acceptors (Lipinski definition) is 2. The lowest BCUT2D eigenvalue weighted by Crippen LogP contribution is -2.25. The highest BCUT2D eigenvalue weighted by molar-refractivity contribution is 6.69. The summed E-state index contributed by atoms with van der Waals surface area (Å²) in [6.07, 6.45) is 2.95. The van der Waals surface area contributed by atoms with Crippen LogP contribution < -0.4 is 0 Å². The zero-order chi connectivity index (χ0) is 9.61. The molecule has 0 saturated heterocycles. The van der Waals surface area contributed by atoms with Gasteiger partial charge in [0, 0.05) is 0 Å². The molecule has 3 heteroatoms. The highest BCUT2D eigenvalue weighted by Crippen LogP contribution is 2.11. The monoisotopic (exact) mass is 188 g/mol. The second-order valence-electron chi connectivity index (χ2n) is 3.58. The molecule has 0 fully saturated rings. The largest absolute Gasteiger partial charge is 0.520 e. The minimum Gasteiger partial charge on any atom is -0.520 e. The Hall–Kier alpha value is -0.443. The van der Waals surface area contributed by atoms with Gasteiger partial charge in [0.25, 0.3) is 5.95 Å². The van der Waals surface area contributed by atoms with Crippen molar-refractivity contribution in [1.82, 2.24) is 0 Å². The van der Waals surface area contributed by atoms with Crippen LogP contribution in [0.3, 0.4) is 0 Å². The lowest BCUT2D eigenvalue weighted by atomic mass is 10.5. The van der Waals surface area contributed by atoms with Crippen LogP contribution in [0.5, 0.6) is 0 Å². The molecule has 0 atom stereocenters. The highest BCUT2D eigenvalue weighted by Gasteiger charge is 2.17. The van der Waals surface area contributed by atoms with Crippen LogP contribution in [-0.2, 0) is 9.16 Å². The fourth-order valence-electron chi connectivity index (χ4n) is 0.741. The Morgan fingerprint density at radius 1 is 1.25 bits per heavy atom. The van der Waals surface area contributed by atoms with Crippen LogP contribution in [0.15, 0.2) is 12.0 Å². The van der Waals surface area contributed by atoms with E-state index < -0.39 is 8.32 Å². The lowest BCUT2D eigenvalue weighted by Gasteiger charge is -2.21. The first-order valence-electron chi connectivity index (χ1n) is 4.51. The van der Waals surface area contributed by atoms with Gasteiger partial charge in [0.2, 0.25) is 8.32 Å². The molecular weight excluding hydrogens is 168 g/mol. The van der Waals surface area contributed by atoms with Crippen molar-refractivity contribution in [3.05, 3.63) is 12.0 Å². The van der Waals surface area contributed by atoms with Crippen molar-refractivity contribution in [2.24, 2.45) is 0 Å². The van der Waals surface area contributed by atoms with Gasteiger partial charge in [-0.1, -0.05) is 6.92 Å². The summed E-state index contributed by atoms with van der Waals surface area (Å²) in [5, 5.41) is 0. The maximum absolute atomic E-state index is 5.70. The molecular formula is C9H20O2Si. The number of ether oxygens (including phenoxy) is 1. The highest BCUT2D eigenvalue weighted by atomic mass is 28.4. The molecule has 0 saturated carbocycles. The minimum atomic E-state index is -1.49. The summed E-state index contributed by atoms with van der Waals surface area (Å²) in [5.41, 5.74) is 0. The van der Waals surface area contributed by atoms with Crippen molar-refractivity contribution in [1.29, 1.82) is 0 Å². The van der Waals surface area contributed by atoms with E-state index in [1.807, 2.05) is 13.0 Å². The van der Waals surface area contributed by atoms with Crippen LogP contribution in [0, 0.1) is 0 Å². The van der Waals surface area contributed by atoms with Gasteiger partial charge in [-0.05, 0) is 39.1 Å². The van der Waals surface area contributed by atoms with Crippen LogP contribution >= 0.6 is 0 Å². The number of allylic oxidation sites excluding steroid dienone is 1. The second kappa shape index (κ2) is 5.25. The Bertz CT molecular complexity index is 147. The fraction of sp³-hybridized carbons (Fsp3) is 0.778. The van der Waals surface area contributed by atoms with Gasteiger partial charge in [-0.25, -0.2) is 0 Å². The smallest absolute Gasteiger partial charge is 0.261 e. The van der Waals surface area contributed by atoms with Gasteiger partial charge in [0.05, 0.1) is 6.61 Å². The Balaban J connectivity index is 4.05. The first kappa shape index (κ1) is 11.6. The normalized spacial score (nSPS) is 12.9. The van der Waals surface area contributed by atoms with Crippen molar-refractivity contribution in [3.63, 3.8) is 0 Å². The zero-order valence-electron chi connectivity index (χ0n) is 8.81. The molecule has 0 aliphatic carbocycles. The van der Waals surface area contributed by atoms with E-state index in [9.17, 15) is 0 Å². The van der Waals surface area contributed by atoms with Gasteiger partial charge in [0.15, 0.2) is 0 Å². The molecule has 0 radical (unpaired) electrons. The van der Waals surface area contributed by atoms with Crippen molar-refractivity contribution in [2.45, 2.75) is 39.9 Å². The predicted octanol–water partition coefficient (Wildman–Crippen LogP) is 3.13. The number of hydrogen-bond donors (Lipinski definition) is 0. The van der Waals surface area contributed by atoms with E-state index >= 15 is 0 Å². The second-order valence-corrected chi connectivity index (χ2v) is 8.01.